The van der Waals surface area contributed by atoms with Crippen LogP contribution in [-0.4, -0.2) is 19.4 Å². The van der Waals surface area contributed by atoms with Crippen molar-refractivity contribution < 1.29 is 21.1 Å². The summed E-state index contributed by atoms with van der Waals surface area (Å²) in [5.74, 6) is 0. The van der Waals surface area contributed by atoms with Gasteiger partial charge in [0.2, 0.25) is 0 Å². The van der Waals surface area contributed by atoms with Crippen LogP contribution in [0.5, 0.6) is 0 Å². The van der Waals surface area contributed by atoms with Gasteiger partial charge in [-0.2, -0.15) is 0 Å². The number of rotatable bonds is 0. The van der Waals surface area contributed by atoms with Gasteiger partial charge in [-0.1, -0.05) is 7.43 Å². The summed E-state index contributed by atoms with van der Waals surface area (Å²) in [6, 6.07) is 0. The summed E-state index contributed by atoms with van der Waals surface area (Å²) in [5, 5.41) is 0. The molecule has 0 spiro atoms. The first kappa shape index (κ1) is 167. The minimum absolute atomic E-state index is 0. The Kier molecular flexibility index (Phi) is 2930. The average Bonchev–Trinajstić information content (AvgIpc) is 0. The Labute approximate surface area is 54.4 Å². The Morgan fingerprint density at radius 1 is 1.00 bits per heavy atom. The van der Waals surface area contributed by atoms with E-state index in [1.807, 2.05) is 0 Å². The van der Waals surface area contributed by atoms with Gasteiger partial charge in [-0.05, 0) is 11.0 Å². The topological polar surface area (TPSA) is 35.0 Å². The summed E-state index contributed by atoms with van der Waals surface area (Å²) in [6.07, 6.45) is 0. The zero-order valence-electron chi connectivity index (χ0n) is 1.12. The van der Waals surface area contributed by atoms with E-state index in [0.717, 1.165) is 0 Å². The van der Waals surface area contributed by atoms with E-state index in [0.29, 0.717) is 0 Å². The molecule has 0 amide bonds. The second-order valence-electron chi connectivity index (χ2n) is 0. The van der Waals surface area contributed by atoms with E-state index in [1.54, 1.807) is 0 Å². The van der Waals surface area contributed by atoms with Gasteiger partial charge in [-0.25, -0.2) is 0 Å². The number of hydrogen-bond donors (Lipinski definition) is 1. The minimum atomic E-state index is 0. The van der Waals surface area contributed by atoms with Crippen molar-refractivity contribution in [2.45, 2.75) is 7.43 Å². The van der Waals surface area contributed by atoms with Crippen molar-refractivity contribution in [1.29, 1.82) is 0 Å². The van der Waals surface area contributed by atoms with Crippen molar-refractivity contribution in [2.24, 2.45) is 0 Å². The minimum Gasteiger partial charge on any atom is -0.344 e. The summed E-state index contributed by atoms with van der Waals surface area (Å²) in [7, 11) is 0. The zero-order chi connectivity index (χ0) is 0. The van der Waals surface area contributed by atoms with E-state index < -0.39 is 0 Å². The average molecular weight is 263 g/mol. The third-order valence-electron chi connectivity index (χ3n) is 0. The molecule has 0 aromatic rings. The van der Waals surface area contributed by atoms with Crippen molar-refractivity contribution >= 4 is 19.4 Å². The van der Waals surface area contributed by atoms with Crippen molar-refractivity contribution in [3.8, 4) is 0 Å². The molecular formula is CH14BNSiW. The van der Waals surface area contributed by atoms with E-state index in [-0.39, 0.29) is 54.0 Å². The third kappa shape index (κ3) is 48.9. The van der Waals surface area contributed by atoms with Gasteiger partial charge in [-0.15, -0.1) is 0 Å². The molecule has 0 saturated carbocycles. The smallest absolute Gasteiger partial charge is 0.0814 e. The Hall–Kier alpha value is 0.930. The van der Waals surface area contributed by atoms with Crippen LogP contribution in [0.15, 0.2) is 0 Å². The van der Waals surface area contributed by atoms with E-state index in [1.165, 1.54) is 0 Å². The molecule has 0 heterocycles. The van der Waals surface area contributed by atoms with Gasteiger partial charge >= 0.3 is 0 Å². The predicted octanol–water partition coefficient (Wildman–Crippen LogP) is -1.84. The van der Waals surface area contributed by atoms with Gasteiger partial charge in [0.05, 0.1) is 8.41 Å². The molecule has 0 aliphatic heterocycles. The molecule has 0 aromatic heterocycles. The van der Waals surface area contributed by atoms with E-state index >= 15 is 0 Å². The maximum Gasteiger partial charge on any atom is 0.0814 e. The quantitative estimate of drug-likeness (QED) is 0.512. The molecule has 0 saturated heterocycles. The molecule has 0 aromatic carbocycles. The van der Waals surface area contributed by atoms with Gasteiger partial charge in [0.1, 0.15) is 0 Å². The molecular weight excluding hydrogens is 249 g/mol. The Morgan fingerprint density at radius 2 is 1.00 bits per heavy atom. The van der Waals surface area contributed by atoms with Crippen molar-refractivity contribution in [2.75, 3.05) is 0 Å². The summed E-state index contributed by atoms with van der Waals surface area (Å²) in [5.41, 5.74) is 0. The Morgan fingerprint density at radius 3 is 1.00 bits per heavy atom. The van der Waals surface area contributed by atoms with Crippen molar-refractivity contribution in [1.82, 2.24) is 6.15 Å². The predicted molar refractivity (Wildman–Crippen MR) is 33.0 cm³/mol. The van der Waals surface area contributed by atoms with Crippen LogP contribution in [0.25, 0.3) is 0 Å². The second-order valence-corrected chi connectivity index (χ2v) is 0. The fourth-order valence-electron chi connectivity index (χ4n) is 0. The maximum absolute atomic E-state index is 0. The summed E-state index contributed by atoms with van der Waals surface area (Å²) < 4.78 is 0. The molecule has 0 atom stereocenters. The van der Waals surface area contributed by atoms with Gasteiger partial charge in [0, 0.05) is 21.1 Å². The Balaban J connectivity index is 0. The Bertz CT molecular complexity index is 11.6. The van der Waals surface area contributed by atoms with Crippen LogP contribution in [0.4, 0.5) is 0 Å². The molecule has 4 heteroatoms. The molecule has 1 nitrogen and oxygen atoms in total. The molecule has 3 N–H and O–H groups in total. The fourth-order valence-corrected chi connectivity index (χ4v) is 0. The van der Waals surface area contributed by atoms with Crippen molar-refractivity contribution in [3.63, 3.8) is 0 Å². The van der Waals surface area contributed by atoms with E-state index in [9.17, 15) is 0 Å². The van der Waals surface area contributed by atoms with E-state index in [4.69, 9.17) is 0 Å². The first-order valence-corrected chi connectivity index (χ1v) is 0. The first-order valence-electron chi connectivity index (χ1n) is 0. The molecule has 0 bridgehead atoms. The molecule has 0 rings (SSSR count). The van der Waals surface area contributed by atoms with Crippen LogP contribution >= 0.6 is 0 Å². The molecule has 0 unspecified atom stereocenters. The first-order chi connectivity index (χ1) is 0. The molecule has 36 valence electrons. The van der Waals surface area contributed by atoms with Crippen LogP contribution < -0.4 is 6.15 Å². The third-order valence-corrected chi connectivity index (χ3v) is 0. The fraction of sp³-hybridized carbons (Fsp3) is 1.00. The largest absolute Gasteiger partial charge is 0.344 e. The van der Waals surface area contributed by atoms with Crippen LogP contribution in [0.1, 0.15) is 7.43 Å². The molecule has 0 aliphatic rings. The van der Waals surface area contributed by atoms with Crippen LogP contribution in [0.3, 0.4) is 0 Å². The van der Waals surface area contributed by atoms with Crippen molar-refractivity contribution in [3.05, 3.63) is 0 Å². The van der Waals surface area contributed by atoms with Gasteiger partial charge in [0.25, 0.3) is 0 Å². The monoisotopic (exact) mass is 263 g/mol. The molecule has 0 radical (unpaired) electrons. The van der Waals surface area contributed by atoms with Crippen LogP contribution in [0.2, 0.25) is 0 Å². The number of hydrogen-bond acceptors (Lipinski definition) is 1. The summed E-state index contributed by atoms with van der Waals surface area (Å²) in [6.45, 7) is 0. The SMILES string of the molecule is B.C.N.[SiH4].[W]. The van der Waals surface area contributed by atoms with E-state index in [2.05, 4.69) is 0 Å². The van der Waals surface area contributed by atoms with Crippen LogP contribution in [0, 0.1) is 0 Å². The van der Waals surface area contributed by atoms with Gasteiger partial charge < -0.3 is 6.15 Å². The second kappa shape index (κ2) is 88.0. The standard InChI is InChI=1S/CH4.BH3.H3N.H4Si.W/h1H4;2*1H3;1H4;. The summed E-state index contributed by atoms with van der Waals surface area (Å²) >= 11 is 0. The van der Waals surface area contributed by atoms with Crippen LogP contribution in [-0.2, 0) is 21.1 Å². The maximum atomic E-state index is 0. The normalized spacial score (nSPS) is 0. The molecule has 5 heavy (non-hydrogen) atoms. The van der Waals surface area contributed by atoms with Gasteiger partial charge in [-0.3, -0.25) is 0 Å². The summed E-state index contributed by atoms with van der Waals surface area (Å²) in [4.78, 5) is 0. The molecule has 0 aliphatic carbocycles. The zero-order valence-corrected chi connectivity index (χ0v) is 4.05. The van der Waals surface area contributed by atoms with Gasteiger partial charge in [0.15, 0.2) is 0 Å². The molecule has 0 fully saturated rings.